The molecule has 0 saturated carbocycles. The van der Waals surface area contributed by atoms with Crippen molar-refractivity contribution in [2.45, 2.75) is 38.4 Å². The minimum absolute atomic E-state index is 0.558. The van der Waals surface area contributed by atoms with Crippen LogP contribution in [0.1, 0.15) is 38.2 Å². The zero-order chi connectivity index (χ0) is 16.4. The fraction of sp³-hybridized carbons (Fsp3) is 0.588. The number of hydrogen-bond donors (Lipinski definition) is 0. The Morgan fingerprint density at radius 2 is 1.64 bits per heavy atom. The Bertz CT molecular complexity index is 437. The van der Waals surface area contributed by atoms with Crippen LogP contribution in [-0.4, -0.2) is 33.9 Å². The van der Waals surface area contributed by atoms with Crippen LogP contribution in [0.4, 0.5) is 0 Å². The van der Waals surface area contributed by atoms with Gasteiger partial charge in [-0.2, -0.15) is 0 Å². The van der Waals surface area contributed by atoms with Crippen LogP contribution in [0, 0.1) is 0 Å². The molecule has 0 aliphatic rings. The van der Waals surface area contributed by atoms with E-state index in [-0.39, 0.29) is 0 Å². The van der Waals surface area contributed by atoms with E-state index in [1.165, 1.54) is 40.6 Å². The van der Waals surface area contributed by atoms with E-state index in [1.54, 1.807) is 24.3 Å². The maximum absolute atomic E-state index is 12.0. The SMILES string of the molecule is CCCCCCOc1ccc(C(OC)(OC)C(=O)OC)cc1. The maximum atomic E-state index is 12.0. The maximum Gasteiger partial charge on any atom is 0.371 e. The van der Waals surface area contributed by atoms with Crippen LogP contribution in [0.2, 0.25) is 0 Å². The Kier molecular flexibility index (Phi) is 7.91. The number of ether oxygens (including phenoxy) is 4. The predicted molar refractivity (Wildman–Crippen MR) is 83.8 cm³/mol. The summed E-state index contributed by atoms with van der Waals surface area (Å²) in [6.45, 7) is 2.87. The van der Waals surface area contributed by atoms with Crippen molar-refractivity contribution >= 4 is 5.97 Å². The highest BCUT2D eigenvalue weighted by Crippen LogP contribution is 2.29. The van der Waals surface area contributed by atoms with E-state index in [0.29, 0.717) is 12.2 Å². The van der Waals surface area contributed by atoms with Crippen LogP contribution >= 0.6 is 0 Å². The average molecular weight is 310 g/mol. The van der Waals surface area contributed by atoms with Gasteiger partial charge in [-0.25, -0.2) is 4.79 Å². The van der Waals surface area contributed by atoms with Crippen LogP contribution in [0.5, 0.6) is 5.75 Å². The number of methoxy groups -OCH3 is 3. The predicted octanol–water partition coefficient (Wildman–Crippen LogP) is 3.26. The highest BCUT2D eigenvalue weighted by Gasteiger charge is 2.42. The molecule has 22 heavy (non-hydrogen) atoms. The Hall–Kier alpha value is -1.59. The third kappa shape index (κ3) is 4.45. The van der Waals surface area contributed by atoms with Crippen molar-refractivity contribution in [3.8, 4) is 5.75 Å². The molecular weight excluding hydrogens is 284 g/mol. The van der Waals surface area contributed by atoms with Gasteiger partial charge in [-0.05, 0) is 30.7 Å². The lowest BCUT2D eigenvalue weighted by molar-refractivity contribution is -0.233. The molecule has 0 amide bonds. The zero-order valence-electron chi connectivity index (χ0n) is 13.9. The number of benzene rings is 1. The van der Waals surface area contributed by atoms with Gasteiger partial charge in [-0.3, -0.25) is 0 Å². The highest BCUT2D eigenvalue weighted by molar-refractivity contribution is 5.79. The van der Waals surface area contributed by atoms with Gasteiger partial charge in [0.25, 0.3) is 5.79 Å². The number of hydrogen-bond acceptors (Lipinski definition) is 5. The lowest BCUT2D eigenvalue weighted by atomic mass is 10.1. The average Bonchev–Trinajstić information content (AvgIpc) is 2.57. The van der Waals surface area contributed by atoms with Crippen LogP contribution in [0.25, 0.3) is 0 Å². The first-order valence-electron chi connectivity index (χ1n) is 7.56. The quantitative estimate of drug-likeness (QED) is 0.377. The molecule has 0 radical (unpaired) electrons. The summed E-state index contributed by atoms with van der Waals surface area (Å²) >= 11 is 0. The molecule has 0 atom stereocenters. The summed E-state index contributed by atoms with van der Waals surface area (Å²) in [7, 11) is 4.10. The van der Waals surface area contributed by atoms with E-state index in [9.17, 15) is 4.79 Å². The van der Waals surface area contributed by atoms with Gasteiger partial charge in [0.15, 0.2) is 0 Å². The summed E-state index contributed by atoms with van der Waals surface area (Å²) in [4.78, 5) is 12.0. The number of unbranched alkanes of at least 4 members (excludes halogenated alkanes) is 3. The summed E-state index contributed by atoms with van der Waals surface area (Å²) in [6.07, 6.45) is 4.65. The first kappa shape index (κ1) is 18.5. The van der Waals surface area contributed by atoms with E-state index in [0.717, 1.165) is 12.2 Å². The second-order valence-corrected chi connectivity index (χ2v) is 4.95. The third-order valence-corrected chi connectivity index (χ3v) is 3.53. The van der Waals surface area contributed by atoms with Crippen LogP contribution in [-0.2, 0) is 24.8 Å². The van der Waals surface area contributed by atoms with Crippen molar-refractivity contribution in [3.05, 3.63) is 29.8 Å². The Morgan fingerprint density at radius 1 is 1.00 bits per heavy atom. The molecule has 0 aliphatic heterocycles. The van der Waals surface area contributed by atoms with E-state index >= 15 is 0 Å². The van der Waals surface area contributed by atoms with Crippen LogP contribution in [0.3, 0.4) is 0 Å². The van der Waals surface area contributed by atoms with E-state index in [4.69, 9.17) is 18.9 Å². The molecule has 0 bridgehead atoms. The molecule has 0 aromatic heterocycles. The van der Waals surface area contributed by atoms with E-state index in [2.05, 4.69) is 6.92 Å². The summed E-state index contributed by atoms with van der Waals surface area (Å²) in [5, 5.41) is 0. The van der Waals surface area contributed by atoms with Gasteiger partial charge < -0.3 is 18.9 Å². The van der Waals surface area contributed by atoms with Crippen molar-refractivity contribution in [2.75, 3.05) is 27.9 Å². The summed E-state index contributed by atoms with van der Waals surface area (Å²) in [6, 6.07) is 7.08. The summed E-state index contributed by atoms with van der Waals surface area (Å²) in [5.74, 6) is -1.40. The molecule has 0 heterocycles. The first-order chi connectivity index (χ1) is 10.6. The van der Waals surface area contributed by atoms with Crippen molar-refractivity contribution < 1.29 is 23.7 Å². The molecule has 1 aromatic carbocycles. The Balaban J connectivity index is 2.71. The van der Waals surface area contributed by atoms with Gasteiger partial charge in [-0.1, -0.05) is 26.2 Å². The largest absolute Gasteiger partial charge is 0.494 e. The van der Waals surface area contributed by atoms with E-state index in [1.807, 2.05) is 0 Å². The third-order valence-electron chi connectivity index (χ3n) is 3.53. The number of carbonyl (C=O) groups is 1. The monoisotopic (exact) mass is 310 g/mol. The van der Waals surface area contributed by atoms with Gasteiger partial charge in [-0.15, -0.1) is 0 Å². The molecule has 0 fully saturated rings. The van der Waals surface area contributed by atoms with Crippen molar-refractivity contribution in [2.24, 2.45) is 0 Å². The molecule has 0 spiro atoms. The number of esters is 1. The van der Waals surface area contributed by atoms with Crippen molar-refractivity contribution in [1.82, 2.24) is 0 Å². The van der Waals surface area contributed by atoms with Crippen molar-refractivity contribution in [3.63, 3.8) is 0 Å². The topological polar surface area (TPSA) is 54.0 Å². The molecule has 0 unspecified atom stereocenters. The second kappa shape index (κ2) is 9.43. The fourth-order valence-corrected chi connectivity index (χ4v) is 2.23. The minimum Gasteiger partial charge on any atom is -0.494 e. The molecule has 5 heteroatoms. The van der Waals surface area contributed by atoms with Gasteiger partial charge >= 0.3 is 5.97 Å². The highest BCUT2D eigenvalue weighted by atomic mass is 16.7. The number of rotatable bonds is 10. The summed E-state index contributed by atoms with van der Waals surface area (Å²) < 4.78 is 20.9. The standard InChI is InChI=1S/C17H26O5/c1-5-6-7-8-13-22-15-11-9-14(10-12-15)17(20-3,21-4)16(18)19-2/h9-12H,5-8,13H2,1-4H3. The fourth-order valence-electron chi connectivity index (χ4n) is 2.23. The minimum atomic E-state index is -1.55. The molecule has 1 aromatic rings. The lowest BCUT2D eigenvalue weighted by Gasteiger charge is -2.28. The molecule has 0 saturated heterocycles. The zero-order valence-corrected chi connectivity index (χ0v) is 13.9. The smallest absolute Gasteiger partial charge is 0.371 e. The second-order valence-electron chi connectivity index (χ2n) is 4.95. The van der Waals surface area contributed by atoms with Gasteiger partial charge in [0, 0.05) is 19.8 Å². The molecule has 0 N–H and O–H groups in total. The lowest BCUT2D eigenvalue weighted by Crippen LogP contribution is -2.40. The molecular formula is C17H26O5. The summed E-state index contributed by atoms with van der Waals surface area (Å²) in [5.41, 5.74) is 0.558. The van der Waals surface area contributed by atoms with E-state index < -0.39 is 11.8 Å². The molecule has 5 nitrogen and oxygen atoms in total. The van der Waals surface area contributed by atoms with Gasteiger partial charge in [0.05, 0.1) is 13.7 Å². The Labute approximate surface area is 132 Å². The number of carbonyl (C=O) groups excluding carboxylic acids is 1. The normalized spacial score (nSPS) is 11.3. The van der Waals surface area contributed by atoms with Gasteiger partial charge in [0.2, 0.25) is 0 Å². The first-order valence-corrected chi connectivity index (χ1v) is 7.56. The van der Waals surface area contributed by atoms with Crippen LogP contribution < -0.4 is 4.74 Å². The Morgan fingerprint density at radius 3 is 2.14 bits per heavy atom. The molecule has 1 rings (SSSR count). The molecule has 0 aliphatic carbocycles. The van der Waals surface area contributed by atoms with Crippen LogP contribution in [0.15, 0.2) is 24.3 Å². The molecule has 124 valence electrons. The van der Waals surface area contributed by atoms with Crippen molar-refractivity contribution in [1.29, 1.82) is 0 Å². The van der Waals surface area contributed by atoms with Gasteiger partial charge in [0.1, 0.15) is 5.75 Å².